The van der Waals surface area contributed by atoms with Gasteiger partial charge in [0.25, 0.3) is 0 Å². The van der Waals surface area contributed by atoms with E-state index in [9.17, 15) is 5.11 Å². The highest BCUT2D eigenvalue weighted by Gasteiger charge is 2.40. The van der Waals surface area contributed by atoms with Crippen LogP contribution in [0.25, 0.3) is 10.9 Å². The molecular formula is C13H15NO. The summed E-state index contributed by atoms with van der Waals surface area (Å²) in [6, 6.07) is 8.37. The highest BCUT2D eigenvalue weighted by molar-refractivity contribution is 5.84. The standard InChI is InChI=1S/C13H15NO/c1-14-9-10(8-13(15)6-7-13)11-4-2-3-5-12(11)14/h2-5,9,15H,6-8H2,1H3. The molecule has 78 valence electrons. The Labute approximate surface area is 89.1 Å². The molecule has 1 aliphatic rings. The maximum absolute atomic E-state index is 9.94. The number of aromatic nitrogens is 1. The minimum Gasteiger partial charge on any atom is -0.390 e. The van der Waals surface area contributed by atoms with Crippen molar-refractivity contribution in [3.8, 4) is 0 Å². The molecule has 0 amide bonds. The molecule has 2 nitrogen and oxygen atoms in total. The lowest BCUT2D eigenvalue weighted by atomic mass is 10.1. The van der Waals surface area contributed by atoms with Gasteiger partial charge in [-0.15, -0.1) is 0 Å². The van der Waals surface area contributed by atoms with Gasteiger partial charge in [0, 0.05) is 30.6 Å². The second-order valence-corrected chi connectivity index (χ2v) is 4.68. The van der Waals surface area contributed by atoms with Crippen LogP contribution in [-0.2, 0) is 13.5 Å². The molecule has 2 aromatic rings. The summed E-state index contributed by atoms with van der Waals surface area (Å²) in [5, 5.41) is 11.2. The summed E-state index contributed by atoms with van der Waals surface area (Å²) in [5.41, 5.74) is 2.12. The van der Waals surface area contributed by atoms with Gasteiger partial charge >= 0.3 is 0 Å². The lowest BCUT2D eigenvalue weighted by molar-refractivity contribution is 0.151. The minimum atomic E-state index is -0.399. The van der Waals surface area contributed by atoms with Crippen molar-refractivity contribution < 1.29 is 5.11 Å². The number of hydrogen-bond acceptors (Lipinski definition) is 1. The molecule has 1 aromatic heterocycles. The number of fused-ring (bicyclic) bond motifs is 1. The predicted octanol–water partition coefficient (Wildman–Crippen LogP) is 2.25. The first-order chi connectivity index (χ1) is 7.18. The first-order valence-electron chi connectivity index (χ1n) is 5.43. The van der Waals surface area contributed by atoms with Crippen LogP contribution in [0.2, 0.25) is 0 Å². The SMILES string of the molecule is Cn1cc(CC2(O)CC2)c2ccccc21. The Morgan fingerprint density at radius 3 is 2.80 bits per heavy atom. The fraction of sp³-hybridized carbons (Fsp3) is 0.385. The second kappa shape index (κ2) is 2.86. The van der Waals surface area contributed by atoms with Crippen LogP contribution in [0.4, 0.5) is 0 Å². The Hall–Kier alpha value is -1.28. The van der Waals surface area contributed by atoms with E-state index in [0.29, 0.717) is 0 Å². The third-order valence-corrected chi connectivity index (χ3v) is 3.33. The molecular weight excluding hydrogens is 186 g/mol. The predicted molar refractivity (Wildman–Crippen MR) is 60.8 cm³/mol. The lowest BCUT2D eigenvalue weighted by Crippen LogP contribution is -2.10. The zero-order chi connectivity index (χ0) is 10.5. The van der Waals surface area contributed by atoms with Crippen LogP contribution in [0.5, 0.6) is 0 Å². The van der Waals surface area contributed by atoms with E-state index in [-0.39, 0.29) is 0 Å². The van der Waals surface area contributed by atoms with Gasteiger partial charge in [0.2, 0.25) is 0 Å². The van der Waals surface area contributed by atoms with Crippen LogP contribution < -0.4 is 0 Å². The molecule has 0 saturated heterocycles. The number of rotatable bonds is 2. The zero-order valence-electron chi connectivity index (χ0n) is 8.90. The average molecular weight is 201 g/mol. The molecule has 1 aliphatic carbocycles. The summed E-state index contributed by atoms with van der Waals surface area (Å²) in [5.74, 6) is 0. The summed E-state index contributed by atoms with van der Waals surface area (Å²) in [6.45, 7) is 0. The van der Waals surface area contributed by atoms with Crippen molar-refractivity contribution in [1.29, 1.82) is 0 Å². The zero-order valence-corrected chi connectivity index (χ0v) is 8.90. The van der Waals surface area contributed by atoms with E-state index in [1.54, 1.807) is 0 Å². The van der Waals surface area contributed by atoms with Crippen LogP contribution in [0.1, 0.15) is 18.4 Å². The monoisotopic (exact) mass is 201 g/mol. The normalized spacial score (nSPS) is 18.3. The maximum atomic E-state index is 9.94. The van der Waals surface area contributed by atoms with Crippen LogP contribution in [0.15, 0.2) is 30.5 Å². The van der Waals surface area contributed by atoms with Gasteiger partial charge in [0.05, 0.1) is 5.60 Å². The van der Waals surface area contributed by atoms with Gasteiger partial charge < -0.3 is 9.67 Å². The molecule has 3 rings (SSSR count). The Balaban J connectivity index is 2.10. The first kappa shape index (κ1) is 8.98. The molecule has 1 fully saturated rings. The van der Waals surface area contributed by atoms with Gasteiger partial charge in [-0.1, -0.05) is 18.2 Å². The van der Waals surface area contributed by atoms with Gasteiger partial charge in [0.1, 0.15) is 0 Å². The summed E-state index contributed by atoms with van der Waals surface area (Å²) >= 11 is 0. The number of nitrogens with zero attached hydrogens (tertiary/aromatic N) is 1. The van der Waals surface area contributed by atoms with E-state index in [0.717, 1.165) is 19.3 Å². The molecule has 15 heavy (non-hydrogen) atoms. The van der Waals surface area contributed by atoms with Crippen molar-refractivity contribution in [3.05, 3.63) is 36.0 Å². The van der Waals surface area contributed by atoms with Gasteiger partial charge in [0.15, 0.2) is 0 Å². The molecule has 1 saturated carbocycles. The molecule has 2 heteroatoms. The van der Waals surface area contributed by atoms with E-state index >= 15 is 0 Å². The molecule has 0 bridgehead atoms. The van der Waals surface area contributed by atoms with Crippen molar-refractivity contribution >= 4 is 10.9 Å². The van der Waals surface area contributed by atoms with Crippen molar-refractivity contribution in [3.63, 3.8) is 0 Å². The van der Waals surface area contributed by atoms with Gasteiger partial charge in [-0.2, -0.15) is 0 Å². The summed E-state index contributed by atoms with van der Waals surface area (Å²) in [6.07, 6.45) is 4.85. The molecule has 1 heterocycles. The Morgan fingerprint density at radius 2 is 2.07 bits per heavy atom. The molecule has 1 aromatic carbocycles. The van der Waals surface area contributed by atoms with Crippen LogP contribution in [0, 0.1) is 0 Å². The molecule has 1 N–H and O–H groups in total. The summed E-state index contributed by atoms with van der Waals surface area (Å²) in [7, 11) is 2.06. The fourth-order valence-corrected chi connectivity index (χ4v) is 2.24. The number of aliphatic hydroxyl groups is 1. The maximum Gasteiger partial charge on any atom is 0.0690 e. The number of benzene rings is 1. The average Bonchev–Trinajstić information content (AvgIpc) is 2.87. The summed E-state index contributed by atoms with van der Waals surface area (Å²) in [4.78, 5) is 0. The van der Waals surface area contributed by atoms with Crippen molar-refractivity contribution in [2.24, 2.45) is 7.05 Å². The Morgan fingerprint density at radius 1 is 1.33 bits per heavy atom. The van der Waals surface area contributed by atoms with E-state index in [4.69, 9.17) is 0 Å². The third kappa shape index (κ3) is 1.45. The van der Waals surface area contributed by atoms with E-state index in [1.165, 1.54) is 16.5 Å². The van der Waals surface area contributed by atoms with E-state index in [2.05, 4.69) is 42.1 Å². The smallest absolute Gasteiger partial charge is 0.0690 e. The highest BCUT2D eigenvalue weighted by Crippen LogP contribution is 2.39. The number of aryl methyl sites for hydroxylation is 1. The number of para-hydroxylation sites is 1. The van der Waals surface area contributed by atoms with E-state index < -0.39 is 5.60 Å². The second-order valence-electron chi connectivity index (χ2n) is 4.68. The first-order valence-corrected chi connectivity index (χ1v) is 5.43. The van der Waals surface area contributed by atoms with Crippen LogP contribution in [-0.4, -0.2) is 15.3 Å². The highest BCUT2D eigenvalue weighted by atomic mass is 16.3. The van der Waals surface area contributed by atoms with Gasteiger partial charge in [-0.25, -0.2) is 0 Å². The van der Waals surface area contributed by atoms with E-state index in [1.807, 2.05) is 0 Å². The molecule has 0 spiro atoms. The minimum absolute atomic E-state index is 0.399. The number of hydrogen-bond donors (Lipinski definition) is 1. The van der Waals surface area contributed by atoms with Gasteiger partial charge in [-0.3, -0.25) is 0 Å². The Bertz CT molecular complexity index is 508. The van der Waals surface area contributed by atoms with Crippen molar-refractivity contribution in [1.82, 2.24) is 4.57 Å². The fourth-order valence-electron chi connectivity index (χ4n) is 2.24. The van der Waals surface area contributed by atoms with Crippen molar-refractivity contribution in [2.75, 3.05) is 0 Å². The lowest BCUT2D eigenvalue weighted by Gasteiger charge is -2.05. The Kier molecular flexibility index (Phi) is 1.71. The largest absolute Gasteiger partial charge is 0.390 e. The third-order valence-electron chi connectivity index (χ3n) is 3.33. The quantitative estimate of drug-likeness (QED) is 0.792. The summed E-state index contributed by atoms with van der Waals surface area (Å²) < 4.78 is 2.14. The molecule has 0 unspecified atom stereocenters. The van der Waals surface area contributed by atoms with Crippen LogP contribution in [0.3, 0.4) is 0 Å². The van der Waals surface area contributed by atoms with Crippen molar-refractivity contribution in [2.45, 2.75) is 24.9 Å². The molecule has 0 aliphatic heterocycles. The topological polar surface area (TPSA) is 25.2 Å². The molecule has 0 atom stereocenters. The molecule has 0 radical (unpaired) electrons. The van der Waals surface area contributed by atoms with Crippen LogP contribution >= 0.6 is 0 Å². The van der Waals surface area contributed by atoms with Gasteiger partial charge in [-0.05, 0) is 24.5 Å².